The van der Waals surface area contributed by atoms with E-state index in [2.05, 4.69) is 15.5 Å². The first-order valence-corrected chi connectivity index (χ1v) is 4.56. The number of hydrogen-bond donors (Lipinski definition) is 3. The van der Waals surface area contributed by atoms with E-state index in [0.717, 1.165) is 17.0 Å². The maximum Gasteiger partial charge on any atom is 0.236 e. The predicted octanol–water partition coefficient (Wildman–Crippen LogP) is -0.0101. The summed E-state index contributed by atoms with van der Waals surface area (Å²) in [6.45, 7) is 5.96. The molecule has 1 atom stereocenters. The third-order valence-corrected chi connectivity index (χ3v) is 2.13. The van der Waals surface area contributed by atoms with Crippen LogP contribution in [0.5, 0.6) is 0 Å². The van der Waals surface area contributed by atoms with E-state index < -0.39 is 6.04 Å². The van der Waals surface area contributed by atoms with Gasteiger partial charge >= 0.3 is 0 Å². The van der Waals surface area contributed by atoms with E-state index in [1.807, 2.05) is 13.8 Å². The van der Waals surface area contributed by atoms with E-state index in [1.165, 1.54) is 0 Å². The normalized spacial score (nSPS) is 12.6. The molecule has 14 heavy (non-hydrogen) atoms. The number of H-pyrrole nitrogens is 1. The van der Waals surface area contributed by atoms with Gasteiger partial charge in [0.15, 0.2) is 0 Å². The molecule has 78 valence electrons. The van der Waals surface area contributed by atoms with Crippen LogP contribution in [0.2, 0.25) is 0 Å². The van der Waals surface area contributed by atoms with Crippen molar-refractivity contribution in [3.8, 4) is 0 Å². The highest BCUT2D eigenvalue weighted by Gasteiger charge is 2.10. The van der Waals surface area contributed by atoms with Crippen LogP contribution < -0.4 is 11.1 Å². The van der Waals surface area contributed by atoms with Gasteiger partial charge in [0, 0.05) is 17.8 Å². The van der Waals surface area contributed by atoms with Crippen molar-refractivity contribution < 1.29 is 4.79 Å². The van der Waals surface area contributed by atoms with Crippen molar-refractivity contribution in [2.24, 2.45) is 5.73 Å². The monoisotopic (exact) mass is 196 g/mol. The third-order valence-electron chi connectivity index (χ3n) is 2.13. The number of nitrogens with two attached hydrogens (primary N) is 1. The minimum Gasteiger partial charge on any atom is -0.351 e. The average Bonchev–Trinajstić information content (AvgIpc) is 2.43. The van der Waals surface area contributed by atoms with Crippen LogP contribution in [-0.4, -0.2) is 22.1 Å². The quantitative estimate of drug-likeness (QED) is 0.635. The molecule has 5 heteroatoms. The highest BCUT2D eigenvalue weighted by atomic mass is 16.2. The van der Waals surface area contributed by atoms with Gasteiger partial charge in [-0.3, -0.25) is 9.89 Å². The SMILES string of the molecule is Cc1n[nH]c(C)c1CNC(=O)C(C)N. The Morgan fingerprint density at radius 1 is 1.64 bits per heavy atom. The number of hydrogen-bond acceptors (Lipinski definition) is 3. The van der Waals surface area contributed by atoms with E-state index in [9.17, 15) is 4.79 Å². The van der Waals surface area contributed by atoms with E-state index >= 15 is 0 Å². The minimum atomic E-state index is -0.470. The number of carbonyl (C=O) groups is 1. The van der Waals surface area contributed by atoms with Crippen LogP contribution in [-0.2, 0) is 11.3 Å². The van der Waals surface area contributed by atoms with Crippen molar-refractivity contribution >= 4 is 5.91 Å². The van der Waals surface area contributed by atoms with Gasteiger partial charge in [-0.25, -0.2) is 0 Å². The summed E-state index contributed by atoms with van der Waals surface area (Å²) in [5.74, 6) is -0.148. The topological polar surface area (TPSA) is 83.8 Å². The molecule has 1 amide bonds. The number of aromatic amines is 1. The van der Waals surface area contributed by atoms with Crippen molar-refractivity contribution in [1.82, 2.24) is 15.5 Å². The number of rotatable bonds is 3. The molecule has 0 fully saturated rings. The number of nitrogens with zero attached hydrogens (tertiary/aromatic N) is 1. The van der Waals surface area contributed by atoms with Crippen molar-refractivity contribution in [3.05, 3.63) is 17.0 Å². The second-order valence-corrected chi connectivity index (χ2v) is 3.42. The Morgan fingerprint density at radius 2 is 2.29 bits per heavy atom. The summed E-state index contributed by atoms with van der Waals surface area (Å²) in [7, 11) is 0. The maximum atomic E-state index is 11.2. The lowest BCUT2D eigenvalue weighted by Crippen LogP contribution is -2.37. The summed E-state index contributed by atoms with van der Waals surface area (Å²) in [5, 5.41) is 9.63. The van der Waals surface area contributed by atoms with Crippen LogP contribution in [0.3, 0.4) is 0 Å². The summed E-state index contributed by atoms with van der Waals surface area (Å²) in [6, 6.07) is -0.470. The lowest BCUT2D eigenvalue weighted by Gasteiger charge is -2.07. The zero-order chi connectivity index (χ0) is 10.7. The van der Waals surface area contributed by atoms with Crippen molar-refractivity contribution in [2.75, 3.05) is 0 Å². The lowest BCUT2D eigenvalue weighted by atomic mass is 10.2. The van der Waals surface area contributed by atoms with Crippen LogP contribution in [0.15, 0.2) is 0 Å². The van der Waals surface area contributed by atoms with Gasteiger partial charge in [-0.15, -0.1) is 0 Å². The summed E-state index contributed by atoms with van der Waals surface area (Å²) in [5.41, 5.74) is 8.33. The molecule has 1 aromatic heterocycles. The van der Waals surface area contributed by atoms with Crippen LogP contribution in [0, 0.1) is 13.8 Å². The molecule has 0 aliphatic rings. The Kier molecular flexibility index (Phi) is 3.24. The molecule has 1 aromatic rings. The van der Waals surface area contributed by atoms with Gasteiger partial charge in [0.2, 0.25) is 5.91 Å². The number of aromatic nitrogens is 2. The van der Waals surface area contributed by atoms with Gasteiger partial charge in [-0.1, -0.05) is 0 Å². The Morgan fingerprint density at radius 3 is 2.71 bits per heavy atom. The molecular formula is C9H16N4O. The summed E-state index contributed by atoms with van der Waals surface area (Å²) in [4.78, 5) is 11.2. The number of carbonyl (C=O) groups excluding carboxylic acids is 1. The van der Waals surface area contributed by atoms with Crippen molar-refractivity contribution in [2.45, 2.75) is 33.4 Å². The molecule has 1 unspecified atom stereocenters. The average molecular weight is 196 g/mol. The van der Waals surface area contributed by atoms with Crippen LogP contribution in [0.25, 0.3) is 0 Å². The van der Waals surface area contributed by atoms with E-state index in [0.29, 0.717) is 6.54 Å². The molecule has 0 radical (unpaired) electrons. The Balaban J connectivity index is 2.58. The van der Waals surface area contributed by atoms with Crippen molar-refractivity contribution in [1.29, 1.82) is 0 Å². The first-order chi connectivity index (χ1) is 6.52. The standard InChI is InChI=1S/C9H16N4O/c1-5(10)9(14)11-4-8-6(2)12-13-7(8)3/h5H,4,10H2,1-3H3,(H,11,14)(H,12,13). The maximum absolute atomic E-state index is 11.2. The highest BCUT2D eigenvalue weighted by molar-refractivity contribution is 5.80. The van der Waals surface area contributed by atoms with Gasteiger partial charge in [-0.2, -0.15) is 5.10 Å². The van der Waals surface area contributed by atoms with Crippen molar-refractivity contribution in [3.63, 3.8) is 0 Å². The molecule has 0 aliphatic carbocycles. The molecule has 1 heterocycles. The molecule has 0 saturated heterocycles. The van der Waals surface area contributed by atoms with Gasteiger partial charge in [0.25, 0.3) is 0 Å². The molecule has 0 saturated carbocycles. The fourth-order valence-corrected chi connectivity index (χ4v) is 1.17. The molecule has 0 bridgehead atoms. The highest BCUT2D eigenvalue weighted by Crippen LogP contribution is 2.08. The Bertz CT molecular complexity index is 310. The number of aryl methyl sites for hydroxylation is 2. The molecular weight excluding hydrogens is 180 g/mol. The molecule has 5 nitrogen and oxygen atoms in total. The van der Waals surface area contributed by atoms with Crippen LogP contribution in [0.4, 0.5) is 0 Å². The number of amides is 1. The summed E-state index contributed by atoms with van der Waals surface area (Å²) >= 11 is 0. The van der Waals surface area contributed by atoms with E-state index in [1.54, 1.807) is 6.92 Å². The van der Waals surface area contributed by atoms with Crippen LogP contribution >= 0.6 is 0 Å². The molecule has 0 aromatic carbocycles. The first kappa shape index (κ1) is 10.7. The van der Waals surface area contributed by atoms with E-state index in [-0.39, 0.29) is 5.91 Å². The molecule has 1 rings (SSSR count). The zero-order valence-corrected chi connectivity index (χ0v) is 8.72. The summed E-state index contributed by atoms with van der Waals surface area (Å²) in [6.07, 6.45) is 0. The zero-order valence-electron chi connectivity index (χ0n) is 8.72. The molecule has 4 N–H and O–H groups in total. The second kappa shape index (κ2) is 4.23. The van der Waals surface area contributed by atoms with Gasteiger partial charge in [0.05, 0.1) is 11.7 Å². The van der Waals surface area contributed by atoms with Gasteiger partial charge in [-0.05, 0) is 20.8 Å². The second-order valence-electron chi connectivity index (χ2n) is 3.42. The fraction of sp³-hybridized carbons (Fsp3) is 0.556. The minimum absolute atomic E-state index is 0.148. The molecule has 0 aliphatic heterocycles. The largest absolute Gasteiger partial charge is 0.351 e. The Labute approximate surface area is 83.1 Å². The first-order valence-electron chi connectivity index (χ1n) is 4.56. The fourth-order valence-electron chi connectivity index (χ4n) is 1.17. The predicted molar refractivity (Wildman–Crippen MR) is 53.6 cm³/mol. The van der Waals surface area contributed by atoms with Gasteiger partial charge < -0.3 is 11.1 Å². The van der Waals surface area contributed by atoms with Gasteiger partial charge in [0.1, 0.15) is 0 Å². The molecule has 0 spiro atoms. The Hall–Kier alpha value is -1.36. The van der Waals surface area contributed by atoms with Crippen LogP contribution in [0.1, 0.15) is 23.9 Å². The third kappa shape index (κ3) is 2.32. The smallest absolute Gasteiger partial charge is 0.236 e. The summed E-state index contributed by atoms with van der Waals surface area (Å²) < 4.78 is 0. The number of nitrogens with one attached hydrogen (secondary N) is 2. The van der Waals surface area contributed by atoms with E-state index in [4.69, 9.17) is 5.73 Å². The lowest BCUT2D eigenvalue weighted by molar-refractivity contribution is -0.122.